The molecule has 6 rings (SSSR count). The van der Waals surface area contributed by atoms with Gasteiger partial charge in [0.2, 0.25) is 11.8 Å². The van der Waals surface area contributed by atoms with Crippen LogP contribution < -0.4 is 62.7 Å². The maximum Gasteiger partial charge on any atom is 1.00 e. The molecule has 97 heavy (non-hydrogen) atoms. The molecule has 0 aliphatic heterocycles. The Labute approximate surface area is 611 Å². The monoisotopic (exact) mass is 1480 g/mol. The number of carboxylic acid groups (broad SMARTS) is 1. The number of esters is 1. The normalized spacial score (nSPS) is 21.6. The van der Waals surface area contributed by atoms with Crippen LogP contribution >= 0.6 is 47.5 Å². The maximum atomic E-state index is 12.3. The molecular formula is C63H120Cl2LiN11O16S2Si2. The quantitative estimate of drug-likeness (QED) is 0.0202. The van der Waals surface area contributed by atoms with E-state index in [0.717, 1.165) is 74.2 Å². The number of rotatable bonds is 21. The number of hydrogen-bond donors (Lipinski definition) is 10. The van der Waals surface area contributed by atoms with Gasteiger partial charge in [0.1, 0.15) is 55.6 Å². The number of aliphatic carboxylic acids is 1. The number of aromatic nitrogens is 4. The molecule has 0 spiro atoms. The van der Waals surface area contributed by atoms with Crippen molar-refractivity contribution in [2.75, 3.05) is 13.7 Å². The van der Waals surface area contributed by atoms with E-state index in [2.05, 4.69) is 101 Å². The van der Waals surface area contributed by atoms with Crippen LogP contribution in [0.1, 0.15) is 214 Å². The van der Waals surface area contributed by atoms with E-state index in [1.54, 1.807) is 20.8 Å². The number of nitrogens with zero attached hydrogens (tertiary/aromatic N) is 4. The topological polar surface area (TPSA) is 427 Å². The summed E-state index contributed by atoms with van der Waals surface area (Å²) in [7, 11) is -2.76. The maximum absolute atomic E-state index is 12.3. The number of alkyl carbamates (subject to hydrolysis) is 2. The van der Waals surface area contributed by atoms with E-state index in [1.165, 1.54) is 43.6 Å². The molecule has 5 atom stereocenters. The predicted octanol–water partition coefficient (Wildman–Crippen LogP) is 4.72. The molecular weight excluding hydrogens is 1360 g/mol. The van der Waals surface area contributed by atoms with Crippen LogP contribution in [-0.2, 0) is 59.9 Å². The first kappa shape index (κ1) is 97.7. The van der Waals surface area contributed by atoms with Gasteiger partial charge in [0.15, 0.2) is 22.4 Å². The van der Waals surface area contributed by atoms with Crippen LogP contribution in [-0.4, -0.2) is 161 Å². The fourth-order valence-electron chi connectivity index (χ4n) is 8.98. The summed E-state index contributed by atoms with van der Waals surface area (Å²) in [5, 5.41) is 65.2. The summed E-state index contributed by atoms with van der Waals surface area (Å²) in [5.41, 5.74) is 12.5. The zero-order valence-corrected chi connectivity index (χ0v) is 67.3. The van der Waals surface area contributed by atoms with Gasteiger partial charge in [-0.1, -0.05) is 64.2 Å². The number of nitrogens with one attached hydrogen (secondary N) is 4. The average molecular weight is 1490 g/mol. The van der Waals surface area contributed by atoms with Gasteiger partial charge < -0.3 is 75.7 Å². The number of hydrazine groups is 1. The van der Waals surface area contributed by atoms with Crippen molar-refractivity contribution in [1.82, 2.24) is 41.8 Å². The molecule has 4 saturated carbocycles. The van der Waals surface area contributed by atoms with Crippen molar-refractivity contribution >= 4 is 106 Å². The van der Waals surface area contributed by atoms with Gasteiger partial charge in [0.25, 0.3) is 0 Å². The van der Waals surface area contributed by atoms with Gasteiger partial charge in [0, 0.05) is 49.9 Å². The number of carbonyl (C=O) groups excluding carboxylic acids is 7. The molecule has 0 aromatic carbocycles. The van der Waals surface area contributed by atoms with Gasteiger partial charge in [-0.3, -0.25) is 19.8 Å². The van der Waals surface area contributed by atoms with Crippen LogP contribution in [0.25, 0.3) is 0 Å². The Morgan fingerprint density at radius 1 is 0.588 bits per heavy atom. The summed E-state index contributed by atoms with van der Waals surface area (Å²) in [6, 6.07) is 0.948. The van der Waals surface area contributed by atoms with Gasteiger partial charge in [-0.25, -0.2) is 20.2 Å². The number of ketones is 1. The van der Waals surface area contributed by atoms with Crippen LogP contribution in [0.4, 0.5) is 9.59 Å². The van der Waals surface area contributed by atoms with Gasteiger partial charge in [-0.15, -0.1) is 45.2 Å². The average Bonchev–Trinajstić information content (AvgIpc) is 1.50. The largest absolute Gasteiger partial charge is 1.00 e. The third-order valence-corrected chi connectivity index (χ3v) is 27.8. The molecule has 27 nitrogen and oxygen atoms in total. The fourth-order valence-corrected chi connectivity index (χ4v) is 13.4. The molecule has 4 aliphatic carbocycles. The van der Waals surface area contributed by atoms with Gasteiger partial charge in [-0.05, 0) is 187 Å². The molecule has 4 amide bonds. The second kappa shape index (κ2) is 44.1. The molecule has 0 saturated heterocycles. The van der Waals surface area contributed by atoms with Crippen LogP contribution in [0, 0.1) is 23.7 Å². The number of ether oxygens (including phenoxy) is 3. The fraction of sp³-hybridized carbons (Fsp3) is 0.825. The summed E-state index contributed by atoms with van der Waals surface area (Å²) < 4.78 is 26.1. The summed E-state index contributed by atoms with van der Waals surface area (Å²) in [5.74, 6) is 4.75. The summed E-state index contributed by atoms with van der Waals surface area (Å²) in [6.07, 6.45) is 6.09. The smallest absolute Gasteiger partial charge is 0.547 e. The Bertz CT molecular complexity index is 2610. The minimum absolute atomic E-state index is 0. The van der Waals surface area contributed by atoms with E-state index >= 15 is 0 Å². The molecule has 0 radical (unpaired) electrons. The molecule has 0 unspecified atom stereocenters. The number of carboxylic acids is 1. The Hall–Kier alpha value is -3.50. The van der Waals surface area contributed by atoms with E-state index < -0.39 is 82.5 Å². The first-order valence-electron chi connectivity index (χ1n) is 32.5. The predicted molar refractivity (Wildman–Crippen MR) is 380 cm³/mol. The van der Waals surface area contributed by atoms with E-state index in [1.807, 2.05) is 54.6 Å². The zero-order valence-electron chi connectivity index (χ0n) is 62.0. The first-order valence-corrected chi connectivity index (χ1v) is 39.9. The number of methoxy groups -OCH3 is 1. The number of nitrogens with two attached hydrogens (primary N) is 3. The number of aliphatic hydroxyl groups is 3. The Kier molecular flexibility index (Phi) is 44.4. The second-order valence-corrected chi connectivity index (χ2v) is 41.9. The van der Waals surface area contributed by atoms with E-state index in [9.17, 15) is 48.9 Å². The molecule has 2 aromatic heterocycles. The molecule has 2 heterocycles. The van der Waals surface area contributed by atoms with E-state index in [-0.39, 0.29) is 95.9 Å². The second-order valence-electron chi connectivity index (χ2n) is 30.2. The number of halogens is 2. The van der Waals surface area contributed by atoms with Crippen molar-refractivity contribution in [2.24, 2.45) is 41.0 Å². The minimum Gasteiger partial charge on any atom is -0.547 e. The third-order valence-electron chi connectivity index (χ3n) is 16.5. The molecule has 558 valence electrons. The number of carbonyl (C=O) groups is 7. The number of aliphatic hydroxyl groups excluding tert-OH is 3. The summed E-state index contributed by atoms with van der Waals surface area (Å²) in [6.45, 7) is 39.8. The van der Waals surface area contributed by atoms with Crippen LogP contribution in [0.2, 0.25) is 36.3 Å². The standard InChI is InChI=1S/C21H40N2O5Si.C11H21N3O3.2C9H15N3OS.C9H20O3Si.C4H8O3.2ClH.Li/c1-14(28-29(8,9)21(5,6)7)18(25)22-13-17(24)12-15-10-16(11-15)23-19(26)27-20(2,3)4;1-11(2,3)17-10(16)13-8-4-7(5-8)6-9(15)14-12;2*1-5(13)9-12-11-8(14-9)4-6-2-7(10)3-6;1-7(8(10)11)12-13(5,6)9(2,3)4;1-3(5)4(6)7-2;;;/h14-16H,10-13H2,1-9H3,(H,22,25)(H,23,26);7-8H,4-6,12H2,1-3H3,(H,13,16)(H,14,15);2*5-7,13H,2-4,10H2,1H3;7H,1-6H3,(H,10,11);3,5H,1-2H3;2*1H;/q;;;;;;;;+1/p-1/t14-,15?,16?;;2*5-,6?,7?;7-;3-;;;/m0.0000.../s1. The van der Waals surface area contributed by atoms with Gasteiger partial charge in [-0.2, -0.15) is 0 Å². The van der Waals surface area contributed by atoms with Crippen molar-refractivity contribution < 1.29 is 95.9 Å². The first-order chi connectivity index (χ1) is 42.9. The molecule has 13 N–H and O–H groups in total. The van der Waals surface area contributed by atoms with Crippen molar-refractivity contribution in [2.45, 2.75) is 297 Å². The van der Waals surface area contributed by atoms with Crippen LogP contribution in [0.3, 0.4) is 0 Å². The van der Waals surface area contributed by atoms with E-state index in [4.69, 9.17) is 40.7 Å². The van der Waals surface area contributed by atoms with E-state index in [0.29, 0.717) is 52.7 Å². The molecule has 4 fully saturated rings. The Morgan fingerprint density at radius 2 is 0.938 bits per heavy atom. The van der Waals surface area contributed by atoms with Crippen molar-refractivity contribution in [3.8, 4) is 0 Å². The number of hydrogen-bond acceptors (Lipinski definition) is 25. The summed E-state index contributed by atoms with van der Waals surface area (Å²) >= 11 is 3.01. The van der Waals surface area contributed by atoms with Crippen LogP contribution in [0.15, 0.2) is 0 Å². The zero-order chi connectivity index (χ0) is 72.7. The Morgan fingerprint density at radius 3 is 1.21 bits per heavy atom. The third kappa shape index (κ3) is 40.1. The SMILES string of the molecule is CC(C)(C)OC(=O)NC1CC(CC(=O)NN)C1.COC(=O)[C@H](C)O.C[C@H](O)c1nnc(CC2CC(N)C2)s1.C[C@H](O)c1nnc(CC2CC(N)C2)s1.C[C@H](O[Si](C)(C)C(C)(C)C)C(=O)NCC(=O)CC1CC(NC(=O)OC(C)(C)C)C1.C[C@H](O[Si](C)(C)C(C)(C)C)C(=O)[O-].Cl.Cl.[Li+]. The number of Topliss-reactive ketones (excluding diaryl/α,β-unsaturated/α-hetero) is 1. The summed E-state index contributed by atoms with van der Waals surface area (Å²) in [4.78, 5) is 79.1. The minimum atomic E-state index is -2.04. The number of amides is 4. The Balaban J connectivity index is -0.00000114. The molecule has 0 bridgehead atoms. The van der Waals surface area contributed by atoms with Gasteiger partial charge in [0.05, 0.1) is 25.7 Å². The van der Waals surface area contributed by atoms with Gasteiger partial charge >= 0.3 is 37.0 Å². The van der Waals surface area contributed by atoms with Crippen molar-refractivity contribution in [1.29, 1.82) is 0 Å². The van der Waals surface area contributed by atoms with Crippen LogP contribution in [0.5, 0.6) is 0 Å². The molecule has 4 aliphatic rings. The van der Waals surface area contributed by atoms with Crippen molar-refractivity contribution in [3.05, 3.63) is 20.0 Å². The molecule has 2 aromatic rings. The van der Waals surface area contributed by atoms with Crippen molar-refractivity contribution in [3.63, 3.8) is 0 Å². The molecule has 34 heteroatoms.